The molecular weight excluding hydrogens is 790 g/mol. The number of hydrogen-bond donors (Lipinski definition) is 1. The predicted molar refractivity (Wildman–Crippen MR) is 228 cm³/mol. The first-order chi connectivity index (χ1) is 26.9. The standard InChI is InChI=1S/C24H25ClN4O3S2.C15H17N5OS/c1-28(2)19-10-11-21(32-3)20(15-19)29-23(26-27-24(29)22-5-4-13-33-22)16-34(30,31)14-12-17-6-8-18(25)9-7-17;1-19(2)10-6-7-12(21-3)11(9-10)20-14(17-18-15(20)16)13-5-4-8-22-13/h4-11,13,15H,12,14,16H2,1-3H3;4-9H,1-3H3,(H2,16,18). The molecule has 0 amide bonds. The number of aromatic nitrogens is 6. The highest BCUT2D eigenvalue weighted by Crippen LogP contribution is 2.36. The number of nitrogen functional groups attached to an aromatic ring is 1. The highest BCUT2D eigenvalue weighted by atomic mass is 35.5. The molecule has 0 spiro atoms. The Morgan fingerprint density at radius 3 is 1.73 bits per heavy atom. The third-order valence-electron chi connectivity index (χ3n) is 8.70. The Balaban J connectivity index is 0.000000208. The first-order valence-electron chi connectivity index (χ1n) is 17.3. The minimum absolute atomic E-state index is 0.00923. The van der Waals surface area contributed by atoms with Crippen LogP contribution in [-0.2, 0) is 22.0 Å². The van der Waals surface area contributed by atoms with E-state index in [1.165, 1.54) is 11.3 Å². The quantitative estimate of drug-likeness (QED) is 0.123. The molecule has 0 aliphatic carbocycles. The van der Waals surface area contributed by atoms with Gasteiger partial charge in [-0.3, -0.25) is 9.13 Å². The van der Waals surface area contributed by atoms with Gasteiger partial charge < -0.3 is 25.0 Å². The van der Waals surface area contributed by atoms with Crippen molar-refractivity contribution < 1.29 is 17.9 Å². The Bertz CT molecular complexity index is 2480. The number of nitrogens with two attached hydrogens (primary N) is 1. The maximum atomic E-state index is 13.1. The highest BCUT2D eigenvalue weighted by Gasteiger charge is 2.24. The van der Waals surface area contributed by atoms with Crippen molar-refractivity contribution >= 4 is 61.4 Å². The monoisotopic (exact) mass is 831 g/mol. The molecule has 2 N–H and O–H groups in total. The van der Waals surface area contributed by atoms with Gasteiger partial charge in [-0.05, 0) is 83.4 Å². The first-order valence-corrected chi connectivity index (χ1v) is 21.2. The molecule has 0 radical (unpaired) electrons. The zero-order chi connectivity index (χ0) is 40.0. The second kappa shape index (κ2) is 17.6. The molecule has 4 aromatic heterocycles. The van der Waals surface area contributed by atoms with Crippen molar-refractivity contribution in [3.63, 3.8) is 0 Å². The van der Waals surface area contributed by atoms with Gasteiger partial charge in [0.15, 0.2) is 27.3 Å². The summed E-state index contributed by atoms with van der Waals surface area (Å²) in [5, 5.41) is 21.5. The lowest BCUT2D eigenvalue weighted by molar-refractivity contribution is 0.412. The number of benzene rings is 3. The molecule has 7 rings (SSSR count). The maximum absolute atomic E-state index is 13.1. The number of nitrogens with zero attached hydrogens (tertiary/aromatic N) is 8. The Morgan fingerprint density at radius 1 is 0.714 bits per heavy atom. The number of hydrogen-bond acceptors (Lipinski definition) is 13. The molecule has 13 nitrogen and oxygen atoms in total. The van der Waals surface area contributed by atoms with Crippen molar-refractivity contribution in [2.75, 3.05) is 63.7 Å². The van der Waals surface area contributed by atoms with E-state index in [9.17, 15) is 8.42 Å². The van der Waals surface area contributed by atoms with Crippen LogP contribution in [0.5, 0.6) is 11.5 Å². The zero-order valence-electron chi connectivity index (χ0n) is 31.7. The molecule has 0 saturated carbocycles. The van der Waals surface area contributed by atoms with Crippen LogP contribution >= 0.6 is 34.3 Å². The molecule has 0 fully saturated rings. The second-order valence-corrected chi connectivity index (χ2v) is 17.4. The number of thiophene rings is 2. The van der Waals surface area contributed by atoms with Crippen molar-refractivity contribution in [3.8, 4) is 44.3 Å². The largest absolute Gasteiger partial charge is 0.495 e. The highest BCUT2D eigenvalue weighted by molar-refractivity contribution is 7.90. The fraction of sp³-hybridized carbons (Fsp3) is 0.231. The van der Waals surface area contributed by atoms with Crippen molar-refractivity contribution in [1.82, 2.24) is 29.5 Å². The van der Waals surface area contributed by atoms with Crippen LogP contribution in [0.4, 0.5) is 17.3 Å². The van der Waals surface area contributed by atoms with Crippen molar-refractivity contribution in [2.24, 2.45) is 0 Å². The molecule has 7 aromatic rings. The van der Waals surface area contributed by atoms with E-state index in [1.54, 1.807) is 42.3 Å². The van der Waals surface area contributed by atoms with Gasteiger partial charge >= 0.3 is 0 Å². The van der Waals surface area contributed by atoms with E-state index >= 15 is 0 Å². The summed E-state index contributed by atoms with van der Waals surface area (Å²) in [5.74, 6) is 3.02. The fourth-order valence-electron chi connectivity index (χ4n) is 5.78. The number of methoxy groups -OCH3 is 2. The van der Waals surface area contributed by atoms with Gasteiger partial charge in [0.1, 0.15) is 17.3 Å². The van der Waals surface area contributed by atoms with Crippen LogP contribution in [-0.4, -0.2) is 86.1 Å². The summed E-state index contributed by atoms with van der Waals surface area (Å²) in [4.78, 5) is 5.88. The fourth-order valence-corrected chi connectivity index (χ4v) is 8.58. The van der Waals surface area contributed by atoms with Crippen LogP contribution in [0, 0.1) is 0 Å². The minimum atomic E-state index is -3.48. The summed E-state index contributed by atoms with van der Waals surface area (Å²) in [6.07, 6.45) is 0.394. The minimum Gasteiger partial charge on any atom is -0.495 e. The Labute approximate surface area is 339 Å². The van der Waals surface area contributed by atoms with Crippen molar-refractivity contribution in [2.45, 2.75) is 12.2 Å². The van der Waals surface area contributed by atoms with Gasteiger partial charge in [0.05, 0.1) is 41.1 Å². The van der Waals surface area contributed by atoms with Crippen LogP contribution in [0.25, 0.3) is 32.8 Å². The van der Waals surface area contributed by atoms with Gasteiger partial charge in [-0.2, -0.15) is 0 Å². The average molecular weight is 832 g/mol. The van der Waals surface area contributed by atoms with Gasteiger partial charge in [0.25, 0.3) is 0 Å². The molecule has 0 aliphatic heterocycles. The van der Waals surface area contributed by atoms with Gasteiger partial charge in [-0.15, -0.1) is 43.1 Å². The number of sulfone groups is 1. The van der Waals surface area contributed by atoms with E-state index in [2.05, 4.69) is 20.4 Å². The third kappa shape index (κ3) is 9.16. The molecule has 3 aromatic carbocycles. The molecule has 292 valence electrons. The molecule has 0 atom stereocenters. The summed E-state index contributed by atoms with van der Waals surface area (Å²) in [5.41, 5.74) is 10.5. The van der Waals surface area contributed by atoms with Gasteiger partial charge in [-0.1, -0.05) is 35.9 Å². The van der Waals surface area contributed by atoms with E-state index in [0.29, 0.717) is 46.3 Å². The van der Waals surface area contributed by atoms with E-state index in [4.69, 9.17) is 26.8 Å². The van der Waals surface area contributed by atoms with E-state index < -0.39 is 9.84 Å². The number of anilines is 3. The van der Waals surface area contributed by atoms with Gasteiger partial charge in [0, 0.05) is 44.6 Å². The topological polar surface area (TPSA) is 147 Å². The third-order valence-corrected chi connectivity index (χ3v) is 12.2. The smallest absolute Gasteiger partial charge is 0.227 e. The van der Waals surface area contributed by atoms with Crippen LogP contribution < -0.4 is 25.0 Å². The number of halogens is 1. The SMILES string of the molecule is COc1ccc(N(C)C)cc1-n1c(CS(=O)(=O)CCc2ccc(Cl)cc2)nnc1-c1cccs1.COc1ccc(N(C)C)cc1-n1c(N)nnc1-c1cccs1. The molecule has 4 heterocycles. The predicted octanol–water partition coefficient (Wildman–Crippen LogP) is 7.53. The van der Waals surface area contributed by atoms with Crippen molar-refractivity contribution in [1.29, 1.82) is 0 Å². The first kappa shape index (κ1) is 40.2. The number of aryl methyl sites for hydroxylation is 1. The molecule has 0 unspecified atom stereocenters. The molecule has 0 bridgehead atoms. The average Bonchev–Trinajstić information content (AvgIpc) is 4.02. The lowest BCUT2D eigenvalue weighted by atomic mass is 10.2. The Kier molecular flexibility index (Phi) is 12.6. The number of ether oxygens (including phenoxy) is 2. The van der Waals surface area contributed by atoms with Crippen molar-refractivity contribution in [3.05, 3.63) is 112 Å². The Hall–Kier alpha value is -5.42. The number of rotatable bonds is 13. The molecule has 56 heavy (non-hydrogen) atoms. The molecule has 0 saturated heterocycles. The van der Waals surface area contributed by atoms with E-state index in [0.717, 1.165) is 38.1 Å². The summed E-state index contributed by atoms with van der Waals surface area (Å²) in [6, 6.07) is 26.7. The van der Waals surface area contributed by atoms with E-state index in [1.807, 2.05) is 126 Å². The summed E-state index contributed by atoms with van der Waals surface area (Å²) < 4.78 is 40.9. The lowest BCUT2D eigenvalue weighted by Gasteiger charge is -2.18. The van der Waals surface area contributed by atoms with E-state index in [-0.39, 0.29) is 11.5 Å². The second-order valence-electron chi connectivity index (χ2n) is 12.9. The Morgan fingerprint density at radius 2 is 1.23 bits per heavy atom. The zero-order valence-corrected chi connectivity index (χ0v) is 35.0. The normalized spacial score (nSPS) is 11.2. The van der Waals surface area contributed by atoms with Gasteiger partial charge in [0.2, 0.25) is 5.95 Å². The molecular formula is C39H42ClN9O4S3. The van der Waals surface area contributed by atoms with Crippen LogP contribution in [0.2, 0.25) is 5.02 Å². The summed E-state index contributed by atoms with van der Waals surface area (Å²) in [6.45, 7) is 0. The summed E-state index contributed by atoms with van der Waals surface area (Å²) >= 11 is 9.04. The van der Waals surface area contributed by atoms with Crippen LogP contribution in [0.1, 0.15) is 11.4 Å². The van der Waals surface area contributed by atoms with Crippen LogP contribution in [0.15, 0.2) is 95.7 Å². The maximum Gasteiger partial charge on any atom is 0.227 e. The molecule has 17 heteroatoms. The lowest BCUT2D eigenvalue weighted by Crippen LogP contribution is -2.16. The van der Waals surface area contributed by atoms with Crippen LogP contribution in [0.3, 0.4) is 0 Å². The summed E-state index contributed by atoms with van der Waals surface area (Å²) in [7, 11) is 7.61. The van der Waals surface area contributed by atoms with Gasteiger partial charge in [-0.25, -0.2) is 8.42 Å². The molecule has 0 aliphatic rings.